The molecule has 5 aromatic rings. The van der Waals surface area contributed by atoms with E-state index in [4.69, 9.17) is 19.4 Å². The molecule has 0 saturated heterocycles. The van der Waals surface area contributed by atoms with Gasteiger partial charge in [-0.3, -0.25) is 9.59 Å². The molecular formula is C49H48N4O5. The fourth-order valence-corrected chi connectivity index (χ4v) is 7.84. The molecule has 294 valence electrons. The number of esters is 2. The van der Waals surface area contributed by atoms with Crippen LogP contribution in [0.3, 0.4) is 0 Å². The molecule has 1 atom stereocenters. The first-order valence-electron chi connectivity index (χ1n) is 19.4. The molecule has 0 fully saturated rings. The number of rotatable bonds is 10. The van der Waals surface area contributed by atoms with Crippen LogP contribution in [0, 0.1) is 13.8 Å². The molecule has 9 heteroatoms. The van der Waals surface area contributed by atoms with E-state index in [9.17, 15) is 14.7 Å². The minimum absolute atomic E-state index is 0.181. The SMILES string of the molecule is C=Cc1c(C)c2cc3nc(cc4[nH]c(cc5nc(cc1[nH]2)C(C)(O)/C5=C\C=C\c1ccccc1-c1ccccc1)c(C)c4CCC(=O)OC)C(CCC(=O)OC)=C3C. The number of fused-ring (bicyclic) bond motifs is 8. The van der Waals surface area contributed by atoms with Gasteiger partial charge in [-0.25, -0.2) is 9.97 Å². The minimum Gasteiger partial charge on any atom is -0.469 e. The fraction of sp³-hybridized carbons (Fsp3) is 0.224. The Labute approximate surface area is 338 Å². The molecule has 0 aliphatic carbocycles. The van der Waals surface area contributed by atoms with Gasteiger partial charge in [0.15, 0.2) is 0 Å². The van der Waals surface area contributed by atoms with Crippen LogP contribution in [0.15, 0.2) is 97.6 Å². The number of nitrogens with zero attached hydrogens (tertiary/aromatic N) is 2. The Balaban J connectivity index is 1.50. The van der Waals surface area contributed by atoms with Gasteiger partial charge in [0.25, 0.3) is 0 Å². The van der Waals surface area contributed by atoms with Crippen LogP contribution >= 0.6 is 0 Å². The lowest BCUT2D eigenvalue weighted by Gasteiger charge is -2.18. The van der Waals surface area contributed by atoms with Gasteiger partial charge in [-0.05, 0) is 109 Å². The zero-order valence-electron chi connectivity index (χ0n) is 33.8. The van der Waals surface area contributed by atoms with Crippen LogP contribution in [0.4, 0.5) is 0 Å². The second kappa shape index (κ2) is 16.5. The van der Waals surface area contributed by atoms with Crippen molar-refractivity contribution in [2.75, 3.05) is 14.2 Å². The first-order valence-corrected chi connectivity index (χ1v) is 19.4. The smallest absolute Gasteiger partial charge is 0.305 e. The normalized spacial score (nSPS) is 15.9. The number of nitrogens with one attached hydrogen (secondary N) is 2. The maximum absolute atomic E-state index is 12.4. The van der Waals surface area contributed by atoms with E-state index in [0.29, 0.717) is 35.5 Å². The number of ether oxygens (including phenoxy) is 2. The number of methoxy groups -OCH3 is 2. The van der Waals surface area contributed by atoms with Crippen LogP contribution in [0.2, 0.25) is 0 Å². The first-order chi connectivity index (χ1) is 27.9. The molecule has 5 heterocycles. The third-order valence-electron chi connectivity index (χ3n) is 11.3. The molecule has 8 bridgehead atoms. The summed E-state index contributed by atoms with van der Waals surface area (Å²) in [5.41, 5.74) is 13.6. The summed E-state index contributed by atoms with van der Waals surface area (Å²) in [6.45, 7) is 11.9. The minimum atomic E-state index is -1.47. The quantitative estimate of drug-likeness (QED) is 0.121. The Morgan fingerprint density at radius 3 is 2.14 bits per heavy atom. The number of aryl methyl sites for hydroxylation is 3. The number of hydrogen-bond donors (Lipinski definition) is 3. The topological polar surface area (TPSA) is 130 Å². The zero-order chi connectivity index (χ0) is 41.1. The van der Waals surface area contributed by atoms with E-state index in [2.05, 4.69) is 40.8 Å². The largest absolute Gasteiger partial charge is 0.469 e. The molecule has 0 amide bonds. The summed E-state index contributed by atoms with van der Waals surface area (Å²) in [4.78, 5) is 42.2. The van der Waals surface area contributed by atoms with E-state index in [0.717, 1.165) is 77.9 Å². The summed E-state index contributed by atoms with van der Waals surface area (Å²) in [5.74, 6) is -0.620. The predicted molar refractivity (Wildman–Crippen MR) is 233 cm³/mol. The molecule has 58 heavy (non-hydrogen) atoms. The van der Waals surface area contributed by atoms with Crippen molar-refractivity contribution in [2.24, 2.45) is 0 Å². The summed E-state index contributed by atoms with van der Waals surface area (Å²) >= 11 is 0. The lowest BCUT2D eigenvalue weighted by molar-refractivity contribution is -0.141. The predicted octanol–water partition coefficient (Wildman–Crippen LogP) is 10.2. The molecule has 0 radical (unpaired) electrons. The van der Waals surface area contributed by atoms with Crippen molar-refractivity contribution in [3.05, 3.63) is 148 Å². The van der Waals surface area contributed by atoms with Crippen LogP contribution < -0.4 is 0 Å². The maximum Gasteiger partial charge on any atom is 0.305 e. The summed E-state index contributed by atoms with van der Waals surface area (Å²) in [7, 11) is 2.78. The number of carbonyl (C=O) groups is 2. The van der Waals surface area contributed by atoms with Crippen LogP contribution in [0.5, 0.6) is 0 Å². The van der Waals surface area contributed by atoms with E-state index in [1.807, 2.05) is 93.6 Å². The third kappa shape index (κ3) is 7.73. The Kier molecular flexibility index (Phi) is 11.3. The average molecular weight is 773 g/mol. The van der Waals surface area contributed by atoms with Gasteiger partial charge in [0.2, 0.25) is 0 Å². The molecule has 0 spiro atoms. The molecule has 2 aliphatic heterocycles. The number of H-pyrrole nitrogens is 2. The van der Waals surface area contributed by atoms with Gasteiger partial charge in [0.1, 0.15) is 5.60 Å². The van der Waals surface area contributed by atoms with E-state index in [1.54, 1.807) is 13.0 Å². The highest BCUT2D eigenvalue weighted by Gasteiger charge is 2.36. The van der Waals surface area contributed by atoms with Gasteiger partial charge in [0.05, 0.1) is 37.0 Å². The fourth-order valence-electron chi connectivity index (χ4n) is 7.84. The second-order valence-corrected chi connectivity index (χ2v) is 14.8. The summed E-state index contributed by atoms with van der Waals surface area (Å²) < 4.78 is 10.0. The van der Waals surface area contributed by atoms with Crippen molar-refractivity contribution >= 4 is 62.9 Å². The summed E-state index contributed by atoms with van der Waals surface area (Å²) in [5, 5.41) is 12.4. The molecule has 2 aliphatic rings. The highest BCUT2D eigenvalue weighted by molar-refractivity contribution is 5.94. The highest BCUT2D eigenvalue weighted by Crippen LogP contribution is 2.41. The second-order valence-electron chi connectivity index (χ2n) is 14.8. The van der Waals surface area contributed by atoms with Crippen LogP contribution in [0.25, 0.3) is 62.1 Å². The summed E-state index contributed by atoms with van der Waals surface area (Å²) in [6, 6.07) is 26.3. The third-order valence-corrected chi connectivity index (χ3v) is 11.3. The number of allylic oxidation sites excluding steroid dienone is 4. The standard InChI is InChI=1S/C49H48N4O5/c1-8-34-29(2)39-25-40-30(3)35(21-23-47(54)57-6)42(50-40)27-43-36(22-24-48(55)58-7)31(4)41(51-43)26-45-38(49(5,56)46(53-45)28-44(34)52-39)20-14-18-33-17-12-13-19-37(33)32-15-10-9-11-16-32/h8-20,25-28,51-52,56H,1,21-24H2,2-7H3/b18-14+,38-20-,39-25?,40-25?,41-26?,42-27?,43-27?,44-28?,45-26?,46-28?. The number of hydrogen-bond acceptors (Lipinski definition) is 7. The van der Waals surface area contributed by atoms with E-state index in [-0.39, 0.29) is 24.8 Å². The van der Waals surface area contributed by atoms with Crippen LogP contribution in [0.1, 0.15) is 83.7 Å². The number of benzene rings is 2. The average Bonchev–Trinajstić information content (AvgIpc) is 3.87. The van der Waals surface area contributed by atoms with Gasteiger partial charge >= 0.3 is 11.9 Å². The van der Waals surface area contributed by atoms with Crippen LogP contribution in [-0.4, -0.2) is 51.2 Å². The molecule has 3 aromatic heterocycles. The number of aromatic nitrogens is 4. The van der Waals surface area contributed by atoms with Crippen molar-refractivity contribution in [3.63, 3.8) is 0 Å². The zero-order valence-corrected chi connectivity index (χ0v) is 33.8. The molecule has 7 rings (SSSR count). The Morgan fingerprint density at radius 1 is 0.776 bits per heavy atom. The monoisotopic (exact) mass is 772 g/mol. The highest BCUT2D eigenvalue weighted by atomic mass is 16.5. The van der Waals surface area contributed by atoms with Crippen molar-refractivity contribution < 1.29 is 24.2 Å². The van der Waals surface area contributed by atoms with Crippen molar-refractivity contribution in [1.82, 2.24) is 19.9 Å². The Morgan fingerprint density at radius 2 is 1.41 bits per heavy atom. The van der Waals surface area contributed by atoms with E-state index < -0.39 is 5.60 Å². The summed E-state index contributed by atoms with van der Waals surface area (Å²) in [6.07, 6.45) is 8.96. The molecule has 1 unspecified atom stereocenters. The van der Waals surface area contributed by atoms with Crippen molar-refractivity contribution in [3.8, 4) is 11.1 Å². The Bertz CT molecular complexity index is 2710. The van der Waals surface area contributed by atoms with Gasteiger partial charge in [-0.2, -0.15) is 0 Å². The maximum atomic E-state index is 12.4. The van der Waals surface area contributed by atoms with Gasteiger partial charge < -0.3 is 24.5 Å². The van der Waals surface area contributed by atoms with Gasteiger partial charge in [0, 0.05) is 46.0 Å². The lowest BCUT2D eigenvalue weighted by Crippen LogP contribution is -2.18. The number of carbonyl (C=O) groups excluding carboxylic acids is 2. The molecule has 2 aromatic carbocycles. The Hall–Kier alpha value is -6.58. The van der Waals surface area contributed by atoms with E-state index >= 15 is 0 Å². The molecule has 3 N–H and O–H groups in total. The van der Waals surface area contributed by atoms with Crippen LogP contribution in [-0.2, 0) is 31.1 Å². The van der Waals surface area contributed by atoms with E-state index in [1.165, 1.54) is 14.2 Å². The molecule has 0 saturated carbocycles. The van der Waals surface area contributed by atoms with Crippen molar-refractivity contribution in [2.45, 2.75) is 59.0 Å². The molecule has 9 nitrogen and oxygen atoms in total. The van der Waals surface area contributed by atoms with Crippen molar-refractivity contribution in [1.29, 1.82) is 0 Å². The number of aliphatic hydroxyl groups is 1. The lowest BCUT2D eigenvalue weighted by atomic mass is 9.91. The van der Waals surface area contributed by atoms with Gasteiger partial charge in [-0.15, -0.1) is 0 Å². The van der Waals surface area contributed by atoms with Gasteiger partial charge in [-0.1, -0.05) is 85.5 Å². The molecular weight excluding hydrogens is 725 g/mol. The first kappa shape index (κ1) is 39.6. The number of aromatic amines is 2.